The second-order valence-electron chi connectivity index (χ2n) is 6.67. The van der Waals surface area contributed by atoms with Gasteiger partial charge in [0, 0.05) is 12.1 Å². The second kappa shape index (κ2) is 10.3. The molecule has 0 bridgehead atoms. The molecular weight excluding hydrogens is 384 g/mol. The van der Waals surface area contributed by atoms with Gasteiger partial charge in [-0.05, 0) is 50.6 Å². The molecule has 1 heterocycles. The van der Waals surface area contributed by atoms with E-state index in [0.29, 0.717) is 35.9 Å². The number of benzene rings is 2. The largest absolute Gasteiger partial charge is 0.494 e. The Morgan fingerprint density at radius 2 is 1.90 bits per heavy atom. The van der Waals surface area contributed by atoms with E-state index >= 15 is 0 Å². The molecule has 5 nitrogen and oxygen atoms in total. The number of carbonyl (C=O) groups is 1. The van der Waals surface area contributed by atoms with Crippen LogP contribution in [-0.4, -0.2) is 23.7 Å². The standard InChI is InChI=1S/C23H28N2O3S/c1-4-7-8-15-28-18-12-9-11-17(16-18)22(26)24-23-25(5-2)21-19(27-6-3)13-10-14-20(21)29-23/h9-14,16H,4-8,15H2,1-3H3. The zero-order chi connectivity index (χ0) is 20.6. The van der Waals surface area contributed by atoms with Gasteiger partial charge in [0.15, 0.2) is 4.80 Å². The van der Waals surface area contributed by atoms with Gasteiger partial charge < -0.3 is 14.0 Å². The van der Waals surface area contributed by atoms with Gasteiger partial charge >= 0.3 is 0 Å². The molecule has 6 heteroatoms. The molecule has 1 aromatic heterocycles. The molecule has 3 aromatic rings. The first-order chi connectivity index (χ1) is 14.2. The van der Waals surface area contributed by atoms with E-state index in [4.69, 9.17) is 9.47 Å². The summed E-state index contributed by atoms with van der Waals surface area (Å²) in [5.41, 5.74) is 1.52. The zero-order valence-electron chi connectivity index (χ0n) is 17.3. The van der Waals surface area contributed by atoms with E-state index in [1.807, 2.05) is 48.7 Å². The number of amides is 1. The number of aryl methyl sites for hydroxylation is 1. The Morgan fingerprint density at radius 3 is 2.66 bits per heavy atom. The number of hydrogen-bond donors (Lipinski definition) is 0. The second-order valence-corrected chi connectivity index (χ2v) is 7.67. The van der Waals surface area contributed by atoms with Gasteiger partial charge in [-0.1, -0.05) is 43.2 Å². The molecule has 0 saturated heterocycles. The smallest absolute Gasteiger partial charge is 0.279 e. The maximum atomic E-state index is 12.8. The normalized spacial score (nSPS) is 11.8. The molecule has 154 valence electrons. The molecule has 0 fully saturated rings. The van der Waals surface area contributed by atoms with Gasteiger partial charge in [0.2, 0.25) is 0 Å². The van der Waals surface area contributed by atoms with Crippen LogP contribution < -0.4 is 14.3 Å². The van der Waals surface area contributed by atoms with Crippen LogP contribution in [0.3, 0.4) is 0 Å². The Hall–Kier alpha value is -2.60. The van der Waals surface area contributed by atoms with Crippen LogP contribution in [0.15, 0.2) is 47.5 Å². The Morgan fingerprint density at radius 1 is 1.07 bits per heavy atom. The molecule has 0 aliphatic rings. The summed E-state index contributed by atoms with van der Waals surface area (Å²) in [7, 11) is 0. The molecule has 0 radical (unpaired) electrons. The number of thiazole rings is 1. The summed E-state index contributed by atoms with van der Waals surface area (Å²) < 4.78 is 14.6. The SMILES string of the molecule is CCCCCOc1cccc(C(=O)N=c2sc3cccc(OCC)c3n2CC)c1. The number of nitrogens with zero attached hydrogens (tertiary/aromatic N) is 2. The molecule has 3 rings (SSSR count). The molecule has 0 aliphatic heterocycles. The summed E-state index contributed by atoms with van der Waals surface area (Å²) in [6, 6.07) is 13.2. The van der Waals surface area contributed by atoms with Crippen molar-refractivity contribution in [2.75, 3.05) is 13.2 Å². The van der Waals surface area contributed by atoms with Crippen LogP contribution in [0.5, 0.6) is 11.5 Å². The highest BCUT2D eigenvalue weighted by Gasteiger charge is 2.12. The number of unbranched alkanes of at least 4 members (excludes halogenated alkanes) is 2. The maximum absolute atomic E-state index is 12.8. The van der Waals surface area contributed by atoms with Gasteiger partial charge in [0.25, 0.3) is 5.91 Å². The van der Waals surface area contributed by atoms with Crippen molar-refractivity contribution in [2.45, 2.75) is 46.6 Å². The van der Waals surface area contributed by atoms with Crippen LogP contribution in [0.2, 0.25) is 0 Å². The van der Waals surface area contributed by atoms with E-state index in [2.05, 4.69) is 11.9 Å². The average Bonchev–Trinajstić information content (AvgIpc) is 3.09. The van der Waals surface area contributed by atoms with Crippen LogP contribution in [0.4, 0.5) is 0 Å². The van der Waals surface area contributed by atoms with Crippen molar-refractivity contribution in [2.24, 2.45) is 4.99 Å². The van der Waals surface area contributed by atoms with E-state index in [9.17, 15) is 4.79 Å². The van der Waals surface area contributed by atoms with Gasteiger partial charge in [0.1, 0.15) is 17.0 Å². The molecule has 0 atom stereocenters. The minimum atomic E-state index is -0.268. The molecular formula is C23H28N2O3S. The van der Waals surface area contributed by atoms with Crippen molar-refractivity contribution in [3.63, 3.8) is 0 Å². The molecule has 0 saturated carbocycles. The molecule has 1 amide bonds. The third-order valence-electron chi connectivity index (χ3n) is 4.57. The van der Waals surface area contributed by atoms with Crippen molar-refractivity contribution in [3.8, 4) is 11.5 Å². The van der Waals surface area contributed by atoms with Crippen molar-refractivity contribution in [1.29, 1.82) is 0 Å². The van der Waals surface area contributed by atoms with E-state index in [0.717, 1.165) is 35.2 Å². The lowest BCUT2D eigenvalue weighted by Crippen LogP contribution is -2.16. The first kappa shape index (κ1) is 21.1. The quantitative estimate of drug-likeness (QED) is 0.440. The maximum Gasteiger partial charge on any atom is 0.279 e. The highest BCUT2D eigenvalue weighted by Crippen LogP contribution is 2.27. The number of rotatable bonds is 9. The first-order valence-corrected chi connectivity index (χ1v) is 11.1. The molecule has 0 aliphatic carbocycles. The van der Waals surface area contributed by atoms with Crippen molar-refractivity contribution < 1.29 is 14.3 Å². The Labute approximate surface area is 175 Å². The van der Waals surface area contributed by atoms with Gasteiger partial charge in [-0.3, -0.25) is 4.79 Å². The summed E-state index contributed by atoms with van der Waals surface area (Å²) in [5, 5.41) is 0. The Bertz CT molecular complexity index is 1040. The summed E-state index contributed by atoms with van der Waals surface area (Å²) in [5.74, 6) is 1.26. The topological polar surface area (TPSA) is 52.8 Å². The summed E-state index contributed by atoms with van der Waals surface area (Å²) >= 11 is 1.50. The van der Waals surface area contributed by atoms with E-state index < -0.39 is 0 Å². The zero-order valence-corrected chi connectivity index (χ0v) is 18.1. The molecule has 0 N–H and O–H groups in total. The van der Waals surface area contributed by atoms with Crippen LogP contribution in [0.25, 0.3) is 10.2 Å². The predicted octanol–water partition coefficient (Wildman–Crippen LogP) is 5.43. The van der Waals surface area contributed by atoms with Gasteiger partial charge in [-0.25, -0.2) is 0 Å². The van der Waals surface area contributed by atoms with Crippen LogP contribution in [-0.2, 0) is 6.54 Å². The summed E-state index contributed by atoms with van der Waals surface area (Å²) in [4.78, 5) is 17.9. The van der Waals surface area contributed by atoms with Crippen LogP contribution >= 0.6 is 11.3 Å². The highest BCUT2D eigenvalue weighted by molar-refractivity contribution is 7.16. The number of carbonyl (C=O) groups excluding carboxylic acids is 1. The fraction of sp³-hybridized carbons (Fsp3) is 0.391. The van der Waals surface area contributed by atoms with Crippen molar-refractivity contribution in [1.82, 2.24) is 4.57 Å². The molecule has 29 heavy (non-hydrogen) atoms. The Kier molecular flexibility index (Phi) is 7.47. The fourth-order valence-corrected chi connectivity index (χ4v) is 4.27. The predicted molar refractivity (Wildman–Crippen MR) is 118 cm³/mol. The fourth-order valence-electron chi connectivity index (χ4n) is 3.16. The first-order valence-electron chi connectivity index (χ1n) is 10.2. The highest BCUT2D eigenvalue weighted by atomic mass is 32.1. The van der Waals surface area contributed by atoms with Crippen LogP contribution in [0, 0.1) is 0 Å². The number of ether oxygens (including phenoxy) is 2. The van der Waals surface area contributed by atoms with E-state index in [-0.39, 0.29) is 5.91 Å². The summed E-state index contributed by atoms with van der Waals surface area (Å²) in [6.45, 7) is 8.13. The van der Waals surface area contributed by atoms with E-state index in [1.54, 1.807) is 12.1 Å². The van der Waals surface area contributed by atoms with Gasteiger partial charge in [-0.2, -0.15) is 4.99 Å². The Balaban J connectivity index is 1.91. The third-order valence-corrected chi connectivity index (χ3v) is 5.62. The average molecular weight is 413 g/mol. The number of aromatic nitrogens is 1. The number of para-hydroxylation sites is 1. The lowest BCUT2D eigenvalue weighted by atomic mass is 10.2. The molecule has 0 unspecified atom stereocenters. The summed E-state index contributed by atoms with van der Waals surface area (Å²) in [6.07, 6.45) is 3.30. The van der Waals surface area contributed by atoms with Crippen molar-refractivity contribution >= 4 is 27.5 Å². The lowest BCUT2D eigenvalue weighted by molar-refractivity contribution is 0.0997. The minimum Gasteiger partial charge on any atom is -0.494 e. The van der Waals surface area contributed by atoms with Crippen molar-refractivity contribution in [3.05, 3.63) is 52.8 Å². The molecule has 0 spiro atoms. The van der Waals surface area contributed by atoms with Crippen LogP contribution in [0.1, 0.15) is 50.4 Å². The number of hydrogen-bond acceptors (Lipinski definition) is 4. The van der Waals surface area contributed by atoms with Gasteiger partial charge in [-0.15, -0.1) is 0 Å². The lowest BCUT2D eigenvalue weighted by Gasteiger charge is -2.08. The monoisotopic (exact) mass is 412 g/mol. The molecule has 2 aromatic carbocycles. The number of fused-ring (bicyclic) bond motifs is 1. The van der Waals surface area contributed by atoms with E-state index in [1.165, 1.54) is 11.3 Å². The third kappa shape index (κ3) is 5.07. The van der Waals surface area contributed by atoms with Gasteiger partial charge in [0.05, 0.1) is 17.9 Å². The minimum absolute atomic E-state index is 0.268.